The maximum Gasteiger partial charge on any atom is 0.138 e. The Hall–Kier alpha value is -1.33. The first-order valence-corrected chi connectivity index (χ1v) is 7.49. The first-order chi connectivity index (χ1) is 9.38. The van der Waals surface area contributed by atoms with E-state index in [-0.39, 0.29) is 11.5 Å². The number of hydrogen-bond acceptors (Lipinski definition) is 3. The van der Waals surface area contributed by atoms with Gasteiger partial charge in [-0.05, 0) is 65.2 Å². The average Bonchev–Trinajstić information content (AvgIpc) is 2.33. The van der Waals surface area contributed by atoms with Gasteiger partial charge in [0.1, 0.15) is 11.5 Å². The zero-order valence-electron chi connectivity index (χ0n) is 11.0. The Morgan fingerprint density at radius 1 is 1.00 bits per heavy atom. The molecule has 0 aromatic heterocycles. The standard InChI is InChI=1S/C15H13Br2NO2/c1-8-3-12(19)4-9(2)14(8)18-7-10-5-11(16)6-13(17)15(10)20/h3-7,19-20H,1-2H3. The number of aliphatic imine (C=N–C) groups is 1. The number of rotatable bonds is 2. The second kappa shape index (κ2) is 5.97. The van der Waals surface area contributed by atoms with Crippen molar-refractivity contribution in [1.82, 2.24) is 0 Å². The van der Waals surface area contributed by atoms with Gasteiger partial charge in [-0.15, -0.1) is 0 Å². The Balaban J connectivity index is 2.45. The molecule has 0 spiro atoms. The molecule has 0 radical (unpaired) electrons. The van der Waals surface area contributed by atoms with E-state index >= 15 is 0 Å². The molecule has 0 fully saturated rings. The van der Waals surface area contributed by atoms with Crippen molar-refractivity contribution in [1.29, 1.82) is 0 Å². The van der Waals surface area contributed by atoms with Crippen LogP contribution < -0.4 is 0 Å². The minimum Gasteiger partial charge on any atom is -0.508 e. The molecule has 0 amide bonds. The van der Waals surface area contributed by atoms with Crippen molar-refractivity contribution in [2.75, 3.05) is 0 Å². The number of halogens is 2. The number of aryl methyl sites for hydroxylation is 2. The first kappa shape index (κ1) is 15.1. The predicted molar refractivity (Wildman–Crippen MR) is 88.3 cm³/mol. The Morgan fingerprint density at radius 3 is 2.20 bits per heavy atom. The van der Waals surface area contributed by atoms with Crippen LogP contribution in [0.5, 0.6) is 11.5 Å². The molecule has 104 valence electrons. The Labute approximate surface area is 134 Å². The molecule has 3 nitrogen and oxygen atoms in total. The number of aromatic hydroxyl groups is 2. The quantitative estimate of drug-likeness (QED) is 0.700. The Bertz CT molecular complexity index is 674. The number of benzene rings is 2. The fourth-order valence-electron chi connectivity index (χ4n) is 1.96. The highest BCUT2D eigenvalue weighted by molar-refractivity contribution is 9.11. The lowest BCUT2D eigenvalue weighted by atomic mass is 10.1. The third-order valence-electron chi connectivity index (χ3n) is 2.87. The van der Waals surface area contributed by atoms with Gasteiger partial charge in [-0.25, -0.2) is 0 Å². The van der Waals surface area contributed by atoms with Gasteiger partial charge in [0.2, 0.25) is 0 Å². The highest BCUT2D eigenvalue weighted by Crippen LogP contribution is 2.32. The van der Waals surface area contributed by atoms with E-state index in [9.17, 15) is 10.2 Å². The normalized spacial score (nSPS) is 11.2. The van der Waals surface area contributed by atoms with E-state index in [0.29, 0.717) is 10.0 Å². The van der Waals surface area contributed by atoms with Crippen LogP contribution in [0.25, 0.3) is 0 Å². The summed E-state index contributed by atoms with van der Waals surface area (Å²) < 4.78 is 1.45. The van der Waals surface area contributed by atoms with Crippen molar-refractivity contribution in [3.05, 3.63) is 49.9 Å². The molecular weight excluding hydrogens is 386 g/mol. The van der Waals surface area contributed by atoms with E-state index in [1.54, 1.807) is 30.5 Å². The van der Waals surface area contributed by atoms with Gasteiger partial charge >= 0.3 is 0 Å². The summed E-state index contributed by atoms with van der Waals surface area (Å²) >= 11 is 6.66. The lowest BCUT2D eigenvalue weighted by Crippen LogP contribution is -1.86. The Kier molecular flexibility index (Phi) is 4.50. The number of phenols is 2. The average molecular weight is 399 g/mol. The van der Waals surface area contributed by atoms with Crippen molar-refractivity contribution in [3.8, 4) is 11.5 Å². The smallest absolute Gasteiger partial charge is 0.138 e. The summed E-state index contributed by atoms with van der Waals surface area (Å²) in [5.41, 5.74) is 3.16. The molecule has 0 aliphatic rings. The third-order valence-corrected chi connectivity index (χ3v) is 3.93. The van der Waals surface area contributed by atoms with Crippen molar-refractivity contribution >= 4 is 43.8 Å². The first-order valence-electron chi connectivity index (χ1n) is 5.91. The molecule has 2 rings (SSSR count). The van der Waals surface area contributed by atoms with Crippen LogP contribution in [0.1, 0.15) is 16.7 Å². The summed E-state index contributed by atoms with van der Waals surface area (Å²) in [6.45, 7) is 3.77. The van der Waals surface area contributed by atoms with Crippen LogP contribution in [0.4, 0.5) is 5.69 Å². The summed E-state index contributed by atoms with van der Waals surface area (Å²) in [6, 6.07) is 6.88. The summed E-state index contributed by atoms with van der Waals surface area (Å²) in [7, 11) is 0. The van der Waals surface area contributed by atoms with Crippen LogP contribution in [0.2, 0.25) is 0 Å². The molecule has 0 aliphatic heterocycles. The monoisotopic (exact) mass is 397 g/mol. The molecule has 0 saturated heterocycles. The van der Waals surface area contributed by atoms with E-state index in [1.807, 2.05) is 13.8 Å². The van der Waals surface area contributed by atoms with Crippen LogP contribution in [-0.4, -0.2) is 16.4 Å². The lowest BCUT2D eigenvalue weighted by Gasteiger charge is -2.06. The third kappa shape index (κ3) is 3.22. The van der Waals surface area contributed by atoms with Crippen LogP contribution >= 0.6 is 31.9 Å². The van der Waals surface area contributed by atoms with E-state index < -0.39 is 0 Å². The van der Waals surface area contributed by atoms with Crippen molar-refractivity contribution in [2.45, 2.75) is 13.8 Å². The van der Waals surface area contributed by atoms with Gasteiger partial charge < -0.3 is 10.2 Å². The van der Waals surface area contributed by atoms with E-state index in [2.05, 4.69) is 36.9 Å². The highest BCUT2D eigenvalue weighted by atomic mass is 79.9. The van der Waals surface area contributed by atoms with Crippen LogP contribution in [-0.2, 0) is 0 Å². The summed E-state index contributed by atoms with van der Waals surface area (Å²) in [5, 5.41) is 19.5. The van der Waals surface area contributed by atoms with Crippen LogP contribution in [0, 0.1) is 13.8 Å². The van der Waals surface area contributed by atoms with Gasteiger partial charge in [-0.2, -0.15) is 0 Å². The maximum atomic E-state index is 9.98. The molecular formula is C15H13Br2NO2. The molecule has 0 atom stereocenters. The van der Waals surface area contributed by atoms with E-state index in [0.717, 1.165) is 21.3 Å². The Morgan fingerprint density at radius 2 is 1.60 bits per heavy atom. The second-order valence-electron chi connectivity index (χ2n) is 4.51. The molecule has 0 bridgehead atoms. The highest BCUT2D eigenvalue weighted by Gasteiger charge is 2.07. The zero-order valence-corrected chi connectivity index (χ0v) is 14.2. The van der Waals surface area contributed by atoms with E-state index in [1.165, 1.54) is 0 Å². The largest absolute Gasteiger partial charge is 0.508 e. The minimum atomic E-state index is 0.144. The topological polar surface area (TPSA) is 52.8 Å². The van der Waals surface area contributed by atoms with Crippen molar-refractivity contribution in [3.63, 3.8) is 0 Å². The van der Waals surface area contributed by atoms with Gasteiger partial charge in [0.25, 0.3) is 0 Å². The van der Waals surface area contributed by atoms with E-state index in [4.69, 9.17) is 0 Å². The number of hydrogen-bond donors (Lipinski definition) is 2. The molecule has 0 heterocycles. The fourth-order valence-corrected chi connectivity index (χ4v) is 3.21. The van der Waals surface area contributed by atoms with Gasteiger partial charge in [0, 0.05) is 16.3 Å². The van der Waals surface area contributed by atoms with Crippen LogP contribution in [0.15, 0.2) is 38.2 Å². The van der Waals surface area contributed by atoms with Gasteiger partial charge in [-0.1, -0.05) is 15.9 Å². The summed E-state index contributed by atoms with van der Waals surface area (Å²) in [5.74, 6) is 0.373. The molecule has 5 heteroatoms. The molecule has 0 unspecified atom stereocenters. The number of nitrogens with zero attached hydrogens (tertiary/aromatic N) is 1. The SMILES string of the molecule is Cc1cc(O)cc(C)c1N=Cc1cc(Br)cc(Br)c1O. The maximum absolute atomic E-state index is 9.98. The lowest BCUT2D eigenvalue weighted by molar-refractivity contribution is 0.471. The molecule has 0 saturated carbocycles. The molecule has 2 aromatic rings. The van der Waals surface area contributed by atoms with Gasteiger partial charge in [0.15, 0.2) is 0 Å². The number of phenolic OH excluding ortho intramolecular Hbond substituents is 2. The molecule has 2 aromatic carbocycles. The fraction of sp³-hybridized carbons (Fsp3) is 0.133. The van der Waals surface area contributed by atoms with Crippen molar-refractivity contribution < 1.29 is 10.2 Å². The minimum absolute atomic E-state index is 0.144. The van der Waals surface area contributed by atoms with Crippen molar-refractivity contribution in [2.24, 2.45) is 4.99 Å². The second-order valence-corrected chi connectivity index (χ2v) is 6.28. The van der Waals surface area contributed by atoms with Gasteiger partial charge in [-0.3, -0.25) is 4.99 Å². The summed E-state index contributed by atoms with van der Waals surface area (Å²) in [6.07, 6.45) is 1.61. The molecule has 2 N–H and O–H groups in total. The molecule has 20 heavy (non-hydrogen) atoms. The predicted octanol–water partition coefficient (Wildman–Crippen LogP) is 4.99. The summed E-state index contributed by atoms with van der Waals surface area (Å²) in [4.78, 5) is 4.42. The molecule has 0 aliphatic carbocycles. The van der Waals surface area contributed by atoms with Crippen LogP contribution in [0.3, 0.4) is 0 Å². The zero-order chi connectivity index (χ0) is 14.9. The van der Waals surface area contributed by atoms with Gasteiger partial charge in [0.05, 0.1) is 10.2 Å².